The molecule has 1 heterocycles. The number of fused-ring (bicyclic) bond motifs is 1. The lowest BCUT2D eigenvalue weighted by molar-refractivity contribution is -0.154. The Morgan fingerprint density at radius 1 is 1.08 bits per heavy atom. The second-order valence-electron chi connectivity index (χ2n) is 6.83. The van der Waals surface area contributed by atoms with Crippen molar-refractivity contribution in [3.8, 4) is 0 Å². The van der Waals surface area contributed by atoms with Crippen molar-refractivity contribution >= 4 is 29.4 Å². The van der Waals surface area contributed by atoms with E-state index in [1.54, 1.807) is 12.1 Å². The van der Waals surface area contributed by atoms with Crippen LogP contribution in [-0.4, -0.2) is 41.7 Å². The van der Waals surface area contributed by atoms with Crippen LogP contribution < -0.4 is 5.32 Å². The minimum absolute atomic E-state index is 0.291. The topological polar surface area (TPSA) is 92.8 Å². The highest BCUT2D eigenvalue weighted by Gasteiger charge is 2.48. The predicted molar refractivity (Wildman–Crippen MR) is 92.9 cm³/mol. The van der Waals surface area contributed by atoms with Gasteiger partial charge in [0, 0.05) is 5.69 Å². The Balaban J connectivity index is 1.48. The molecule has 1 aromatic carbocycles. The zero-order valence-electron chi connectivity index (χ0n) is 14.7. The second kappa shape index (κ2) is 7.68. The van der Waals surface area contributed by atoms with Gasteiger partial charge in [0.1, 0.15) is 6.54 Å². The number of amides is 3. The van der Waals surface area contributed by atoms with Crippen LogP contribution >= 0.6 is 0 Å². The summed E-state index contributed by atoms with van der Waals surface area (Å²) in [6, 6.07) is 7.20. The lowest BCUT2D eigenvalue weighted by atomic mass is 9.81. The first kappa shape index (κ1) is 18.1. The first-order valence-electron chi connectivity index (χ1n) is 8.83. The minimum atomic E-state index is -0.760. The SMILES string of the molecule is Cc1ccc(NC(=O)COC(=O)CN2C(=O)[C@H]3CCCC[C@@H]3C2=O)cc1. The molecule has 26 heavy (non-hydrogen) atoms. The Kier molecular flexibility index (Phi) is 5.35. The van der Waals surface area contributed by atoms with E-state index in [1.165, 1.54) is 0 Å². The Bertz CT molecular complexity index is 704. The maximum Gasteiger partial charge on any atom is 0.326 e. The Morgan fingerprint density at radius 2 is 1.65 bits per heavy atom. The molecule has 1 aromatic rings. The first-order chi connectivity index (χ1) is 12.5. The van der Waals surface area contributed by atoms with Gasteiger partial charge >= 0.3 is 5.97 Å². The van der Waals surface area contributed by atoms with E-state index in [0.717, 1.165) is 23.3 Å². The zero-order valence-corrected chi connectivity index (χ0v) is 14.7. The van der Waals surface area contributed by atoms with Gasteiger partial charge in [-0.3, -0.25) is 24.1 Å². The normalized spacial score (nSPS) is 22.1. The van der Waals surface area contributed by atoms with Crippen molar-refractivity contribution < 1.29 is 23.9 Å². The number of esters is 1. The van der Waals surface area contributed by atoms with Crippen LogP contribution in [0.1, 0.15) is 31.2 Å². The fraction of sp³-hybridized carbons (Fsp3) is 0.474. The molecule has 0 bridgehead atoms. The van der Waals surface area contributed by atoms with Crippen molar-refractivity contribution in [2.75, 3.05) is 18.5 Å². The summed E-state index contributed by atoms with van der Waals surface area (Å²) in [7, 11) is 0. The molecule has 0 unspecified atom stereocenters. The van der Waals surface area contributed by atoms with E-state index >= 15 is 0 Å². The largest absolute Gasteiger partial charge is 0.454 e. The van der Waals surface area contributed by atoms with E-state index in [2.05, 4.69) is 5.32 Å². The highest BCUT2D eigenvalue weighted by molar-refractivity contribution is 6.07. The number of imide groups is 1. The van der Waals surface area contributed by atoms with Gasteiger partial charge in [0.15, 0.2) is 6.61 Å². The quantitative estimate of drug-likeness (QED) is 0.638. The van der Waals surface area contributed by atoms with Gasteiger partial charge in [-0.1, -0.05) is 30.5 Å². The molecule has 0 aromatic heterocycles. The number of hydrogen-bond donors (Lipinski definition) is 1. The third-order valence-corrected chi connectivity index (χ3v) is 4.92. The van der Waals surface area contributed by atoms with E-state index in [-0.39, 0.29) is 23.7 Å². The third-order valence-electron chi connectivity index (χ3n) is 4.92. The number of likely N-dealkylation sites (tertiary alicyclic amines) is 1. The number of benzene rings is 1. The summed E-state index contributed by atoms with van der Waals surface area (Å²) in [5.74, 6) is -2.41. The highest BCUT2D eigenvalue weighted by atomic mass is 16.5. The summed E-state index contributed by atoms with van der Waals surface area (Å²) < 4.78 is 4.91. The van der Waals surface area contributed by atoms with E-state index in [4.69, 9.17) is 4.74 Å². The monoisotopic (exact) mass is 358 g/mol. The molecule has 2 aliphatic rings. The predicted octanol–water partition coefficient (Wildman–Crippen LogP) is 1.65. The molecular formula is C19H22N2O5. The summed E-state index contributed by atoms with van der Waals surface area (Å²) in [6.07, 6.45) is 3.24. The van der Waals surface area contributed by atoms with E-state index < -0.39 is 25.0 Å². The van der Waals surface area contributed by atoms with Crippen molar-refractivity contribution in [1.29, 1.82) is 0 Å². The molecule has 1 saturated carbocycles. The van der Waals surface area contributed by atoms with Gasteiger partial charge in [0.05, 0.1) is 11.8 Å². The number of rotatable bonds is 5. The number of nitrogens with zero attached hydrogens (tertiary/aromatic N) is 1. The number of ether oxygens (including phenoxy) is 1. The van der Waals surface area contributed by atoms with Crippen molar-refractivity contribution in [2.45, 2.75) is 32.6 Å². The number of aryl methyl sites for hydroxylation is 1. The minimum Gasteiger partial charge on any atom is -0.454 e. The molecule has 3 amide bonds. The van der Waals surface area contributed by atoms with Crippen molar-refractivity contribution in [1.82, 2.24) is 4.90 Å². The summed E-state index contributed by atoms with van der Waals surface area (Å²) in [4.78, 5) is 49.4. The average Bonchev–Trinajstić information content (AvgIpc) is 2.87. The smallest absolute Gasteiger partial charge is 0.326 e. The van der Waals surface area contributed by atoms with Crippen LogP contribution in [0.3, 0.4) is 0 Å². The molecule has 1 aliphatic heterocycles. The molecule has 0 radical (unpaired) electrons. The van der Waals surface area contributed by atoms with Gasteiger partial charge in [-0.2, -0.15) is 0 Å². The second-order valence-corrected chi connectivity index (χ2v) is 6.83. The van der Waals surface area contributed by atoms with Crippen LogP contribution in [0.15, 0.2) is 24.3 Å². The lowest BCUT2D eigenvalue weighted by Crippen LogP contribution is -2.37. The van der Waals surface area contributed by atoms with Crippen LogP contribution in [-0.2, 0) is 23.9 Å². The number of hydrogen-bond acceptors (Lipinski definition) is 5. The van der Waals surface area contributed by atoms with Crippen LogP contribution in [0.25, 0.3) is 0 Å². The standard InChI is InChI=1S/C19H22N2O5/c1-12-6-8-13(9-7-12)20-16(22)11-26-17(23)10-21-18(24)14-4-2-3-5-15(14)19(21)25/h6-9,14-15H,2-5,10-11H2,1H3,(H,20,22)/t14-,15-/m0/s1. The van der Waals surface area contributed by atoms with Gasteiger partial charge in [-0.25, -0.2) is 0 Å². The molecular weight excluding hydrogens is 336 g/mol. The first-order valence-corrected chi connectivity index (χ1v) is 8.83. The van der Waals surface area contributed by atoms with Gasteiger partial charge in [-0.15, -0.1) is 0 Å². The molecule has 7 heteroatoms. The Morgan fingerprint density at radius 3 is 2.23 bits per heavy atom. The maximum absolute atomic E-state index is 12.3. The zero-order chi connectivity index (χ0) is 18.7. The van der Waals surface area contributed by atoms with Crippen LogP contribution in [0.5, 0.6) is 0 Å². The molecule has 138 valence electrons. The lowest BCUT2D eigenvalue weighted by Gasteiger charge is -2.19. The van der Waals surface area contributed by atoms with Gasteiger partial charge in [0.2, 0.25) is 11.8 Å². The van der Waals surface area contributed by atoms with Gasteiger partial charge < -0.3 is 10.1 Å². The number of carbonyl (C=O) groups is 4. The van der Waals surface area contributed by atoms with Crippen molar-refractivity contribution in [2.24, 2.45) is 11.8 Å². The molecule has 1 saturated heterocycles. The van der Waals surface area contributed by atoms with Crippen molar-refractivity contribution in [3.05, 3.63) is 29.8 Å². The molecule has 2 fully saturated rings. The van der Waals surface area contributed by atoms with Crippen LogP contribution in [0.2, 0.25) is 0 Å². The van der Waals surface area contributed by atoms with Crippen LogP contribution in [0.4, 0.5) is 5.69 Å². The molecule has 2 atom stereocenters. The summed E-state index contributed by atoms with van der Waals surface area (Å²) in [5.41, 5.74) is 1.67. The van der Waals surface area contributed by atoms with E-state index in [9.17, 15) is 19.2 Å². The Hall–Kier alpha value is -2.70. The molecule has 3 rings (SSSR count). The number of anilines is 1. The molecule has 1 aliphatic carbocycles. The summed E-state index contributed by atoms with van der Waals surface area (Å²) in [6.45, 7) is 1.04. The highest BCUT2D eigenvalue weighted by Crippen LogP contribution is 2.37. The fourth-order valence-corrected chi connectivity index (χ4v) is 3.54. The van der Waals surface area contributed by atoms with Gasteiger partial charge in [-0.05, 0) is 31.9 Å². The maximum atomic E-state index is 12.3. The van der Waals surface area contributed by atoms with E-state index in [0.29, 0.717) is 18.5 Å². The van der Waals surface area contributed by atoms with Gasteiger partial charge in [0.25, 0.3) is 5.91 Å². The van der Waals surface area contributed by atoms with Crippen LogP contribution in [0, 0.1) is 18.8 Å². The molecule has 7 nitrogen and oxygen atoms in total. The summed E-state index contributed by atoms with van der Waals surface area (Å²) >= 11 is 0. The summed E-state index contributed by atoms with van der Waals surface area (Å²) in [5, 5.41) is 2.61. The molecule has 0 spiro atoms. The number of nitrogens with one attached hydrogen (secondary N) is 1. The fourth-order valence-electron chi connectivity index (χ4n) is 3.54. The average molecular weight is 358 g/mol. The third kappa shape index (κ3) is 3.92. The number of carbonyl (C=O) groups excluding carboxylic acids is 4. The van der Waals surface area contributed by atoms with Crippen molar-refractivity contribution in [3.63, 3.8) is 0 Å². The van der Waals surface area contributed by atoms with E-state index in [1.807, 2.05) is 19.1 Å². The Labute approximate surface area is 151 Å². The molecule has 1 N–H and O–H groups in total.